The SMILES string of the molecule is O=C(O)CCSCc1nc2ccccc2c(=O)[nH]1. The summed E-state index contributed by atoms with van der Waals surface area (Å²) >= 11 is 1.44. The number of nitrogens with one attached hydrogen (secondary N) is 1. The minimum absolute atomic E-state index is 0.114. The standard InChI is InChI=1S/C12H12N2O3S/c15-11(16)5-6-18-7-10-13-9-4-2-1-3-8(9)12(17)14-10/h1-4H,5-7H2,(H,15,16)(H,13,14,17). The van der Waals surface area contributed by atoms with E-state index < -0.39 is 5.97 Å². The van der Waals surface area contributed by atoms with E-state index in [1.54, 1.807) is 18.2 Å². The molecule has 0 radical (unpaired) electrons. The molecule has 0 aliphatic heterocycles. The summed E-state index contributed by atoms with van der Waals surface area (Å²) < 4.78 is 0. The molecule has 2 aromatic rings. The normalized spacial score (nSPS) is 10.7. The van der Waals surface area contributed by atoms with E-state index in [1.165, 1.54) is 11.8 Å². The van der Waals surface area contributed by atoms with Crippen LogP contribution in [0.3, 0.4) is 0 Å². The van der Waals surface area contributed by atoms with Gasteiger partial charge in [-0.25, -0.2) is 4.98 Å². The Kier molecular flexibility index (Phi) is 3.99. The third-order valence-corrected chi connectivity index (χ3v) is 3.33. The van der Waals surface area contributed by atoms with Crippen molar-refractivity contribution in [1.82, 2.24) is 9.97 Å². The summed E-state index contributed by atoms with van der Waals surface area (Å²) in [5, 5.41) is 9.08. The van der Waals surface area contributed by atoms with Crippen LogP contribution in [-0.4, -0.2) is 26.8 Å². The van der Waals surface area contributed by atoms with E-state index >= 15 is 0 Å². The van der Waals surface area contributed by atoms with Gasteiger partial charge in [0.05, 0.1) is 23.1 Å². The van der Waals surface area contributed by atoms with Gasteiger partial charge in [-0.3, -0.25) is 9.59 Å². The first-order valence-electron chi connectivity index (χ1n) is 5.44. The molecule has 1 aromatic heterocycles. The predicted molar refractivity (Wildman–Crippen MR) is 70.8 cm³/mol. The molecule has 0 unspecified atom stereocenters. The zero-order valence-electron chi connectivity index (χ0n) is 9.55. The molecule has 0 saturated carbocycles. The maximum Gasteiger partial charge on any atom is 0.304 e. The number of para-hydroxylation sites is 1. The Morgan fingerprint density at radius 2 is 2.17 bits per heavy atom. The Morgan fingerprint density at radius 1 is 1.39 bits per heavy atom. The lowest BCUT2D eigenvalue weighted by atomic mass is 10.2. The van der Waals surface area contributed by atoms with Crippen LogP contribution in [-0.2, 0) is 10.5 Å². The molecule has 94 valence electrons. The van der Waals surface area contributed by atoms with Crippen molar-refractivity contribution < 1.29 is 9.90 Å². The molecule has 0 spiro atoms. The van der Waals surface area contributed by atoms with Crippen molar-refractivity contribution in [3.8, 4) is 0 Å². The molecule has 0 aliphatic carbocycles. The Bertz CT molecular complexity index is 624. The van der Waals surface area contributed by atoms with Crippen molar-refractivity contribution in [2.24, 2.45) is 0 Å². The summed E-state index contributed by atoms with van der Waals surface area (Å²) in [5.74, 6) is 0.774. The van der Waals surface area contributed by atoms with Crippen LogP contribution in [0.15, 0.2) is 29.1 Å². The van der Waals surface area contributed by atoms with Crippen molar-refractivity contribution in [1.29, 1.82) is 0 Å². The fourth-order valence-electron chi connectivity index (χ4n) is 1.53. The van der Waals surface area contributed by atoms with Crippen molar-refractivity contribution in [3.63, 3.8) is 0 Å². The second kappa shape index (κ2) is 5.68. The van der Waals surface area contributed by atoms with Crippen LogP contribution in [0.5, 0.6) is 0 Å². The second-order valence-electron chi connectivity index (χ2n) is 3.73. The van der Waals surface area contributed by atoms with Crippen LogP contribution in [0.4, 0.5) is 0 Å². The minimum atomic E-state index is -0.817. The van der Waals surface area contributed by atoms with Gasteiger partial charge in [0, 0.05) is 5.75 Å². The van der Waals surface area contributed by atoms with Gasteiger partial charge < -0.3 is 10.1 Å². The summed E-state index contributed by atoms with van der Waals surface area (Å²) in [4.78, 5) is 29.1. The van der Waals surface area contributed by atoms with E-state index in [0.29, 0.717) is 28.2 Å². The topological polar surface area (TPSA) is 83.0 Å². The molecule has 0 bridgehead atoms. The average molecular weight is 264 g/mol. The quantitative estimate of drug-likeness (QED) is 0.802. The van der Waals surface area contributed by atoms with Crippen molar-refractivity contribution in [2.75, 3.05) is 5.75 Å². The lowest BCUT2D eigenvalue weighted by Crippen LogP contribution is -2.11. The molecule has 0 amide bonds. The average Bonchev–Trinajstić information content (AvgIpc) is 2.35. The molecule has 0 saturated heterocycles. The lowest BCUT2D eigenvalue weighted by Gasteiger charge is -2.02. The molecule has 0 atom stereocenters. The molecule has 6 heteroatoms. The molecule has 18 heavy (non-hydrogen) atoms. The van der Waals surface area contributed by atoms with E-state index in [9.17, 15) is 9.59 Å². The van der Waals surface area contributed by atoms with Gasteiger partial charge >= 0.3 is 5.97 Å². The molecule has 2 rings (SSSR count). The number of rotatable bonds is 5. The number of hydrogen-bond donors (Lipinski definition) is 2. The van der Waals surface area contributed by atoms with E-state index in [1.807, 2.05) is 6.07 Å². The van der Waals surface area contributed by atoms with Gasteiger partial charge in [-0.05, 0) is 12.1 Å². The van der Waals surface area contributed by atoms with Crippen molar-refractivity contribution in [2.45, 2.75) is 12.2 Å². The van der Waals surface area contributed by atoms with Gasteiger partial charge in [0.25, 0.3) is 5.56 Å². The Labute approximate surface area is 107 Å². The van der Waals surface area contributed by atoms with Crippen LogP contribution in [0.2, 0.25) is 0 Å². The highest BCUT2D eigenvalue weighted by Crippen LogP contribution is 2.11. The smallest absolute Gasteiger partial charge is 0.304 e. The molecule has 5 nitrogen and oxygen atoms in total. The van der Waals surface area contributed by atoms with Crippen LogP contribution >= 0.6 is 11.8 Å². The van der Waals surface area contributed by atoms with E-state index in [4.69, 9.17) is 5.11 Å². The number of hydrogen-bond acceptors (Lipinski definition) is 4. The molecule has 0 fully saturated rings. The fraction of sp³-hybridized carbons (Fsp3) is 0.250. The molecule has 2 N–H and O–H groups in total. The first kappa shape index (κ1) is 12.6. The highest BCUT2D eigenvalue weighted by molar-refractivity contribution is 7.98. The van der Waals surface area contributed by atoms with Crippen LogP contribution in [0.1, 0.15) is 12.2 Å². The number of carboxylic acid groups (broad SMARTS) is 1. The summed E-state index contributed by atoms with van der Waals surface area (Å²) in [5.41, 5.74) is 0.504. The third-order valence-electron chi connectivity index (χ3n) is 2.36. The number of H-pyrrole nitrogens is 1. The number of benzene rings is 1. The number of fused-ring (bicyclic) bond motifs is 1. The monoisotopic (exact) mass is 264 g/mol. The maximum absolute atomic E-state index is 11.7. The molecule has 1 heterocycles. The Hall–Kier alpha value is -1.82. The first-order chi connectivity index (χ1) is 8.66. The molecule has 1 aromatic carbocycles. The Morgan fingerprint density at radius 3 is 2.94 bits per heavy atom. The third kappa shape index (κ3) is 3.10. The zero-order valence-corrected chi connectivity index (χ0v) is 10.4. The predicted octanol–water partition coefficient (Wildman–Crippen LogP) is 1.63. The number of carboxylic acids is 1. The van der Waals surface area contributed by atoms with Crippen LogP contribution in [0.25, 0.3) is 10.9 Å². The Balaban J connectivity index is 2.10. The summed E-state index contributed by atoms with van der Waals surface area (Å²) in [6, 6.07) is 7.13. The fourth-order valence-corrected chi connectivity index (χ4v) is 2.32. The highest BCUT2D eigenvalue weighted by atomic mass is 32.2. The largest absolute Gasteiger partial charge is 0.481 e. The summed E-state index contributed by atoms with van der Waals surface area (Å²) in [6.45, 7) is 0. The number of aliphatic carboxylic acids is 1. The lowest BCUT2D eigenvalue weighted by molar-refractivity contribution is -0.136. The highest BCUT2D eigenvalue weighted by Gasteiger charge is 2.03. The van der Waals surface area contributed by atoms with Gasteiger partial charge in [-0.2, -0.15) is 11.8 Å². The van der Waals surface area contributed by atoms with Gasteiger partial charge in [0.1, 0.15) is 5.82 Å². The first-order valence-corrected chi connectivity index (χ1v) is 6.60. The second-order valence-corrected chi connectivity index (χ2v) is 4.83. The van der Waals surface area contributed by atoms with Crippen molar-refractivity contribution in [3.05, 3.63) is 40.4 Å². The molecular weight excluding hydrogens is 252 g/mol. The van der Waals surface area contributed by atoms with Crippen LogP contribution < -0.4 is 5.56 Å². The number of aromatic nitrogens is 2. The minimum Gasteiger partial charge on any atom is -0.481 e. The van der Waals surface area contributed by atoms with Gasteiger partial charge in [0.15, 0.2) is 0 Å². The molecular formula is C12H12N2O3S. The molecule has 0 aliphatic rings. The maximum atomic E-state index is 11.7. The number of carbonyl (C=O) groups is 1. The summed E-state index contributed by atoms with van der Waals surface area (Å²) in [6.07, 6.45) is 0.114. The zero-order chi connectivity index (χ0) is 13.0. The van der Waals surface area contributed by atoms with E-state index in [2.05, 4.69) is 9.97 Å². The number of aromatic amines is 1. The van der Waals surface area contributed by atoms with Crippen molar-refractivity contribution >= 4 is 28.6 Å². The van der Waals surface area contributed by atoms with Gasteiger partial charge in [0.2, 0.25) is 0 Å². The van der Waals surface area contributed by atoms with E-state index in [0.717, 1.165) is 0 Å². The number of thioether (sulfide) groups is 1. The van der Waals surface area contributed by atoms with Gasteiger partial charge in [-0.15, -0.1) is 0 Å². The van der Waals surface area contributed by atoms with E-state index in [-0.39, 0.29) is 12.0 Å². The number of nitrogens with zero attached hydrogens (tertiary/aromatic N) is 1. The summed E-state index contributed by atoms with van der Waals surface area (Å²) in [7, 11) is 0. The van der Waals surface area contributed by atoms with Crippen LogP contribution in [0, 0.1) is 0 Å². The van der Waals surface area contributed by atoms with Gasteiger partial charge in [-0.1, -0.05) is 12.1 Å².